The quantitative estimate of drug-likeness (QED) is 0.0493. The average molecular weight is 781 g/mol. The number of benzene rings is 2. The van der Waals surface area contributed by atoms with Gasteiger partial charge in [0.15, 0.2) is 0 Å². The van der Waals surface area contributed by atoms with E-state index in [1.165, 1.54) is 0 Å². The maximum Gasteiger partial charge on any atom is 1.00 e. The van der Waals surface area contributed by atoms with E-state index < -0.39 is 113 Å². The summed E-state index contributed by atoms with van der Waals surface area (Å²) in [7, 11) is -15.3. The van der Waals surface area contributed by atoms with Crippen LogP contribution in [0, 0.1) is 0 Å². The number of aliphatic hydroxyl groups excluding tert-OH is 10. The summed E-state index contributed by atoms with van der Waals surface area (Å²) < 4.78 is 96.8. The van der Waals surface area contributed by atoms with Crippen molar-refractivity contribution in [1.82, 2.24) is 0 Å². The van der Waals surface area contributed by atoms with Crippen LogP contribution >= 0.6 is 0 Å². The Balaban J connectivity index is 0.0000115. The fourth-order valence-electron chi connectivity index (χ4n) is 4.02. The van der Waals surface area contributed by atoms with Crippen molar-refractivity contribution in [3.63, 3.8) is 0 Å². The van der Waals surface area contributed by atoms with Crippen molar-refractivity contribution in [3.8, 4) is 0 Å². The van der Waals surface area contributed by atoms with Crippen LogP contribution in [0.25, 0.3) is 0 Å². The van der Waals surface area contributed by atoms with Crippen LogP contribution in [-0.2, 0) is 30.1 Å². The molecule has 25 heteroatoms. The van der Waals surface area contributed by atoms with Gasteiger partial charge in [-0.2, -0.15) is 0 Å². The molecule has 49 heavy (non-hydrogen) atoms. The Labute approximate surface area is 325 Å². The first-order valence-corrected chi connectivity index (χ1v) is 17.5. The van der Waals surface area contributed by atoms with Gasteiger partial charge in [-0.1, -0.05) is 0 Å². The summed E-state index contributed by atoms with van der Waals surface area (Å²) >= 11 is 0. The molecule has 0 aromatic heterocycles. The third kappa shape index (κ3) is 12.8. The van der Waals surface area contributed by atoms with Gasteiger partial charge in [-0.15, -0.1) is 0 Å². The smallest absolute Gasteiger partial charge is 0.746 e. The summed E-state index contributed by atoms with van der Waals surface area (Å²) in [6, 6.07) is 7.64. The normalized spacial score (nSPS) is 18.5. The van der Waals surface area contributed by atoms with Gasteiger partial charge in [0, 0.05) is 11.4 Å². The summed E-state index contributed by atoms with van der Waals surface area (Å²) in [5, 5.41) is 95.6. The van der Waals surface area contributed by atoms with Crippen molar-refractivity contribution >= 4 is 41.4 Å². The fourth-order valence-corrected chi connectivity index (χ4v) is 6.84. The Morgan fingerprint density at radius 2 is 0.755 bits per heavy atom. The number of rotatable bonds is 18. The van der Waals surface area contributed by atoms with Gasteiger partial charge in [0.1, 0.15) is 79.8 Å². The van der Waals surface area contributed by atoms with E-state index in [9.17, 15) is 75.2 Å². The monoisotopic (exact) mass is 780 g/mol. The van der Waals surface area contributed by atoms with Crippen LogP contribution < -0.4 is 69.7 Å². The van der Waals surface area contributed by atoms with Gasteiger partial charge in [-0.05, 0) is 48.5 Å². The molecule has 0 amide bonds. The van der Waals surface area contributed by atoms with Crippen LogP contribution in [0.5, 0.6) is 0 Å². The summed E-state index contributed by atoms with van der Waals surface area (Å²) in [5.74, 6) is 0. The van der Waals surface area contributed by atoms with Crippen molar-refractivity contribution in [3.05, 3.63) is 48.5 Å². The molecule has 2 unspecified atom stereocenters. The molecule has 0 aliphatic heterocycles. The van der Waals surface area contributed by atoms with Gasteiger partial charge in [0.25, 0.3) is 0 Å². The van der Waals surface area contributed by atoms with E-state index >= 15 is 0 Å². The molecular formula is C24H34N2Na2O18S3. The van der Waals surface area contributed by atoms with Gasteiger partial charge in [0.05, 0.1) is 23.0 Å². The van der Waals surface area contributed by atoms with Crippen LogP contribution in [0.2, 0.25) is 0 Å². The summed E-state index contributed by atoms with van der Waals surface area (Å²) in [4.78, 5) is -0.829. The third-order valence-corrected chi connectivity index (χ3v) is 10.6. The molecule has 0 radical (unpaired) electrons. The van der Waals surface area contributed by atoms with Gasteiger partial charge in [-0.25, -0.2) is 25.3 Å². The van der Waals surface area contributed by atoms with Crippen LogP contribution in [0.3, 0.4) is 0 Å². The molecule has 2 aromatic carbocycles. The second kappa shape index (κ2) is 20.0. The van der Waals surface area contributed by atoms with Crippen molar-refractivity contribution in [2.24, 2.45) is 0 Å². The minimum absolute atomic E-state index is 0. The Morgan fingerprint density at radius 3 is 0.980 bits per heavy atom. The zero-order chi connectivity index (χ0) is 36.1. The Hall–Kier alpha value is -0.590. The molecular weight excluding hydrogens is 746 g/mol. The molecule has 0 aliphatic rings. The van der Waals surface area contributed by atoms with Crippen molar-refractivity contribution in [2.75, 3.05) is 23.8 Å². The van der Waals surface area contributed by atoms with E-state index in [2.05, 4.69) is 10.6 Å². The minimum atomic E-state index is -5.47. The number of nitrogens with one attached hydrogen (secondary N) is 2. The maximum absolute atomic E-state index is 13.1. The topological polar surface area (TPSA) is 375 Å². The van der Waals surface area contributed by atoms with E-state index in [0.717, 1.165) is 48.5 Å². The van der Waals surface area contributed by atoms with Crippen LogP contribution in [0.1, 0.15) is 0 Å². The van der Waals surface area contributed by atoms with E-state index in [-0.39, 0.29) is 70.5 Å². The number of hydrogen-bond donors (Lipinski definition) is 12. The standard InChI is InChI=1S/C24H36N2O18S3.2Na/c27-9-15(29)17(31)19(33)21(35)23(46(39,40)41)25-11-1-5-13(6-2-11)45(37,38)14-7-3-12(4-8-14)26-24(47(42,43)44)22(36)20(34)18(32)16(30)10-28;;/h1-8,15-36H,9-10H2,(H,39,40,41)(H,42,43,44);;/q;2*+1/p-2/t15-,16-,17-,18-,19+,20+,21-,22-,23?,24?;;/m1../s1. The summed E-state index contributed by atoms with van der Waals surface area (Å²) in [6.07, 6.45) is -18.5. The van der Waals surface area contributed by atoms with E-state index in [4.69, 9.17) is 10.2 Å². The molecule has 10 atom stereocenters. The second-order valence-corrected chi connectivity index (χ2v) is 15.0. The molecule has 2 rings (SSSR count). The third-order valence-electron chi connectivity index (χ3n) is 6.75. The van der Waals surface area contributed by atoms with Gasteiger partial charge < -0.3 is 70.8 Å². The van der Waals surface area contributed by atoms with E-state index in [1.54, 1.807) is 0 Å². The molecule has 0 saturated heterocycles. The summed E-state index contributed by atoms with van der Waals surface area (Å²) in [6.45, 7) is -2.16. The van der Waals surface area contributed by atoms with Crippen LogP contribution in [0.15, 0.2) is 58.3 Å². The summed E-state index contributed by atoms with van der Waals surface area (Å²) in [5.41, 5.74) is -0.530. The molecule has 0 spiro atoms. The van der Waals surface area contributed by atoms with Crippen molar-refractivity contribution < 1.29 is 145 Å². The SMILES string of the molecule is O=S(=O)(c1ccc(NC([C@H](O)[C@@H](O)[C@H](O)[C@H](O)CO)S(=O)(=O)[O-])cc1)c1ccc(NC([C@H](O)[C@@H](O)[C@H](O)[C@H](O)CO)S(=O)(=O)[O-])cc1.[Na+].[Na+]. The molecule has 268 valence electrons. The Morgan fingerprint density at radius 1 is 0.490 bits per heavy atom. The predicted octanol–water partition coefficient (Wildman–Crippen LogP) is -12.0. The molecule has 0 bridgehead atoms. The minimum Gasteiger partial charge on any atom is -0.746 e. The molecule has 20 nitrogen and oxygen atoms in total. The molecule has 12 N–H and O–H groups in total. The molecule has 0 fully saturated rings. The largest absolute Gasteiger partial charge is 1.00 e. The Bertz CT molecular complexity index is 1520. The van der Waals surface area contributed by atoms with Crippen molar-refractivity contribution in [2.45, 2.75) is 69.4 Å². The molecule has 0 saturated carbocycles. The number of hydrogen-bond acceptors (Lipinski definition) is 20. The van der Waals surface area contributed by atoms with Gasteiger partial charge in [0.2, 0.25) is 9.84 Å². The Kier molecular flexibility index (Phi) is 19.8. The van der Waals surface area contributed by atoms with Gasteiger partial charge >= 0.3 is 59.1 Å². The zero-order valence-electron chi connectivity index (χ0n) is 25.8. The van der Waals surface area contributed by atoms with E-state index in [0.29, 0.717) is 0 Å². The van der Waals surface area contributed by atoms with E-state index in [1.807, 2.05) is 0 Å². The average Bonchev–Trinajstić information content (AvgIpc) is 3.02. The molecule has 0 aliphatic carbocycles. The zero-order valence-corrected chi connectivity index (χ0v) is 32.2. The number of aliphatic hydroxyl groups is 10. The number of sulfone groups is 1. The first kappa shape index (κ1) is 48.4. The number of anilines is 2. The molecule has 0 heterocycles. The predicted molar refractivity (Wildman–Crippen MR) is 155 cm³/mol. The fraction of sp³-hybridized carbons (Fsp3) is 0.500. The first-order valence-electron chi connectivity index (χ1n) is 13.1. The van der Waals surface area contributed by atoms with Gasteiger partial charge in [-0.3, -0.25) is 0 Å². The van der Waals surface area contributed by atoms with Crippen LogP contribution in [-0.4, -0.2) is 158 Å². The maximum atomic E-state index is 13.1. The van der Waals surface area contributed by atoms with Crippen molar-refractivity contribution in [1.29, 1.82) is 0 Å². The molecule has 2 aromatic rings. The first-order chi connectivity index (χ1) is 21.6. The van der Waals surface area contributed by atoms with Crippen LogP contribution in [0.4, 0.5) is 11.4 Å². The second-order valence-electron chi connectivity index (χ2n) is 10.1.